The van der Waals surface area contributed by atoms with E-state index >= 15 is 0 Å². The Hall–Kier alpha value is -0.861. The molecule has 0 N–H and O–H groups in total. The molecule has 0 bridgehead atoms. The normalized spacial score (nSPS) is 8.44. The van der Waals surface area contributed by atoms with Gasteiger partial charge in [0.15, 0.2) is 0 Å². The van der Waals surface area contributed by atoms with Crippen molar-refractivity contribution in [2.45, 2.75) is 0 Å². The van der Waals surface area contributed by atoms with Crippen LogP contribution < -0.4 is 0 Å². The van der Waals surface area contributed by atoms with Crippen LogP contribution in [0.2, 0.25) is 0 Å². The monoisotopic (exact) mass is 228 g/mol. The summed E-state index contributed by atoms with van der Waals surface area (Å²) >= 11 is 0. The maximum absolute atomic E-state index is 13.2. The van der Waals surface area contributed by atoms with Gasteiger partial charge in [0, 0.05) is 0 Å². The van der Waals surface area contributed by atoms with Crippen molar-refractivity contribution in [2.24, 2.45) is 0 Å². The number of carbonyl (C=O) groups excluding carboxylic acids is 1. The number of carbonyl (C=O) groups is 1. The second kappa shape index (κ2) is 9.12. The van der Waals surface area contributed by atoms with E-state index in [0.29, 0.717) is 0 Å². The molecule has 1 rings (SSSR count). The first-order chi connectivity index (χ1) is 8.75. The second-order valence-corrected chi connectivity index (χ2v) is 3.22. The molecule has 0 radical (unpaired) electrons. The van der Waals surface area contributed by atoms with Gasteiger partial charge in [-0.1, -0.05) is 0 Å². The first-order valence-corrected chi connectivity index (χ1v) is 5.32. The summed E-state index contributed by atoms with van der Waals surface area (Å²) in [5, 5.41) is 0. The third kappa shape index (κ3) is 5.65. The molecule has 0 aromatic heterocycles. The average molecular weight is 227 g/mol. The summed E-state index contributed by atoms with van der Waals surface area (Å²) in [7, 11) is 4.72. The van der Waals surface area contributed by atoms with Crippen LogP contribution >= 0.6 is 0 Å². The van der Waals surface area contributed by atoms with Crippen LogP contribution in [0.3, 0.4) is 0 Å². The third-order valence-electron chi connectivity index (χ3n) is 1.93. The van der Waals surface area contributed by atoms with E-state index in [2.05, 4.69) is 7.37 Å². The Morgan fingerprint density at radius 1 is 1.11 bits per heavy atom. The van der Waals surface area contributed by atoms with Crippen LogP contribution in [0.1, 0.15) is 10.4 Å². The quantitative estimate of drug-likeness (QED) is 0.550. The molecule has 0 amide bonds. The molecular formula is C7H5B8FO2. The third-order valence-corrected chi connectivity index (χ3v) is 1.93. The van der Waals surface area contributed by atoms with E-state index in [4.69, 9.17) is 4.65 Å². The zero-order valence-corrected chi connectivity index (χ0v) is 9.75. The fourth-order valence-electron chi connectivity index (χ4n) is 1.11. The Balaban J connectivity index is 2.49. The summed E-state index contributed by atoms with van der Waals surface area (Å²) in [6, 6.07) is 5.66. The molecule has 1 aromatic carbocycles. The number of hydrogen-bond acceptors (Lipinski definition) is 2. The summed E-state index contributed by atoms with van der Waals surface area (Å²) < 4.78 is 18.0. The minimum atomic E-state index is -0.723. The van der Waals surface area contributed by atoms with Gasteiger partial charge in [-0.3, -0.25) is 0 Å². The van der Waals surface area contributed by atoms with Crippen LogP contribution in [0, 0.1) is 5.82 Å². The predicted molar refractivity (Wildman–Crippen MR) is 79.2 cm³/mol. The molecule has 76 valence electrons. The standard InChI is InChI=1S/C7H5B8FO2/c8-9-10-11-12-13-14-15-18-7(17)5-3-1-2-4-6(5)16/h1-4,8H. The van der Waals surface area contributed by atoms with E-state index in [-0.39, 0.29) is 5.56 Å². The Bertz CT molecular complexity index is 514. The van der Waals surface area contributed by atoms with E-state index in [0.717, 1.165) is 0 Å². The Morgan fingerprint density at radius 2 is 1.78 bits per heavy atom. The fourth-order valence-corrected chi connectivity index (χ4v) is 1.11. The van der Waals surface area contributed by atoms with Crippen LogP contribution in [-0.2, 0) is 4.65 Å². The van der Waals surface area contributed by atoms with E-state index in [1.165, 1.54) is 31.9 Å². The molecule has 0 atom stereocenters. The molecule has 0 aliphatic carbocycles. The zero-order valence-electron chi connectivity index (χ0n) is 9.75. The van der Waals surface area contributed by atoms with Crippen molar-refractivity contribution in [1.82, 2.24) is 0 Å². The zero-order chi connectivity index (χ0) is 13.2. The fraction of sp³-hybridized carbons (Fsp3) is 0. The molecule has 0 fully saturated rings. The molecule has 0 heterocycles. The van der Waals surface area contributed by atoms with Gasteiger partial charge in [0.2, 0.25) is 0 Å². The van der Waals surface area contributed by atoms with Gasteiger partial charge < -0.3 is 0 Å². The number of hydrogen-bond donors (Lipinski definition) is 0. The molecule has 0 saturated heterocycles. The number of rotatable bonds is 5. The Labute approximate surface area is 110 Å². The van der Waals surface area contributed by atoms with Crippen LogP contribution in [0.15, 0.2) is 24.3 Å². The molecule has 0 unspecified atom stereocenters. The van der Waals surface area contributed by atoms with Crippen molar-refractivity contribution >= 4 is 60.5 Å². The van der Waals surface area contributed by atoms with Crippen molar-refractivity contribution in [2.75, 3.05) is 0 Å². The van der Waals surface area contributed by atoms with Gasteiger partial charge in [-0.15, -0.1) is 0 Å². The Kier molecular flexibility index (Phi) is 7.70. The van der Waals surface area contributed by atoms with Gasteiger partial charge in [-0.2, -0.15) is 0 Å². The van der Waals surface area contributed by atoms with Crippen LogP contribution in [0.25, 0.3) is 0 Å². The summed E-state index contributed by atoms with van der Waals surface area (Å²) in [4.78, 5) is 11.4. The van der Waals surface area contributed by atoms with Crippen molar-refractivity contribution in [3.05, 3.63) is 35.6 Å². The first-order valence-electron chi connectivity index (χ1n) is 5.32. The summed E-state index contributed by atoms with van der Waals surface area (Å²) in [6.45, 7) is 10.1. The average Bonchev–Trinajstić information content (AvgIpc) is 2.38. The van der Waals surface area contributed by atoms with Gasteiger partial charge >= 0.3 is 110 Å². The van der Waals surface area contributed by atoms with Crippen LogP contribution in [-0.4, -0.2) is 60.5 Å². The van der Waals surface area contributed by atoms with Gasteiger partial charge in [0.25, 0.3) is 0 Å². The summed E-state index contributed by atoms with van der Waals surface area (Å²) in [6.07, 6.45) is 0. The minimum absolute atomic E-state index is 0.0855. The van der Waals surface area contributed by atoms with E-state index in [9.17, 15) is 9.18 Å². The molecule has 0 aliphatic rings. The molecule has 11 heteroatoms. The molecule has 18 heavy (non-hydrogen) atoms. The first kappa shape index (κ1) is 15.2. The second-order valence-electron chi connectivity index (χ2n) is 3.22. The number of halogens is 1. The number of benzene rings is 1. The van der Waals surface area contributed by atoms with Crippen molar-refractivity contribution in [3.8, 4) is 0 Å². The van der Waals surface area contributed by atoms with Crippen molar-refractivity contribution in [3.63, 3.8) is 0 Å². The van der Waals surface area contributed by atoms with Gasteiger partial charge in [-0.05, 0) is 0 Å². The molecule has 0 aliphatic heterocycles. The molecular weight excluding hydrogens is 222 g/mol. The van der Waals surface area contributed by atoms with Crippen molar-refractivity contribution < 1.29 is 13.8 Å². The van der Waals surface area contributed by atoms with Crippen LogP contribution in [0.5, 0.6) is 0 Å². The predicted octanol–water partition coefficient (Wildman–Crippen LogP) is -1.87. The van der Waals surface area contributed by atoms with Gasteiger partial charge in [0.1, 0.15) is 0 Å². The summed E-state index contributed by atoms with van der Waals surface area (Å²) in [5.74, 6) is -1.32. The topological polar surface area (TPSA) is 26.3 Å². The van der Waals surface area contributed by atoms with E-state index < -0.39 is 11.8 Å². The van der Waals surface area contributed by atoms with Crippen molar-refractivity contribution in [1.29, 1.82) is 0 Å². The Morgan fingerprint density at radius 3 is 2.50 bits per heavy atom. The SMILES string of the molecule is B=BB=BB=BB=BOC(=O)c1ccccc1F. The summed E-state index contributed by atoms with van der Waals surface area (Å²) in [5.41, 5.74) is -0.0855. The molecule has 0 spiro atoms. The van der Waals surface area contributed by atoms with E-state index in [1.807, 2.05) is 0 Å². The van der Waals surface area contributed by atoms with E-state index in [1.54, 1.807) is 39.5 Å². The molecule has 0 saturated carbocycles. The maximum atomic E-state index is 13.2. The van der Waals surface area contributed by atoms with Crippen LogP contribution in [0.4, 0.5) is 4.39 Å². The molecule has 1 aromatic rings. The van der Waals surface area contributed by atoms with Gasteiger partial charge in [-0.25, -0.2) is 0 Å². The molecule has 2 nitrogen and oxygen atoms in total. The van der Waals surface area contributed by atoms with Gasteiger partial charge in [0.05, 0.1) is 0 Å².